The number of methoxy groups -OCH3 is 1. The minimum Gasteiger partial charge on any atom is -0.504 e. The van der Waals surface area contributed by atoms with Gasteiger partial charge in [0.15, 0.2) is 17.2 Å². The van der Waals surface area contributed by atoms with Crippen molar-refractivity contribution in [2.24, 2.45) is 10.2 Å². The molecule has 0 saturated heterocycles. The predicted octanol–water partition coefficient (Wildman–Crippen LogP) is 1.87. The van der Waals surface area contributed by atoms with Gasteiger partial charge in [0, 0.05) is 31.9 Å². The van der Waals surface area contributed by atoms with E-state index in [1.165, 1.54) is 19.4 Å². The summed E-state index contributed by atoms with van der Waals surface area (Å²) in [5, 5.41) is 20.2. The third-order valence-electron chi connectivity index (χ3n) is 3.35. The van der Waals surface area contributed by atoms with Gasteiger partial charge in [0.1, 0.15) is 0 Å². The van der Waals surface area contributed by atoms with Gasteiger partial charge in [-0.1, -0.05) is 0 Å². The molecule has 0 spiro atoms. The maximum Gasteiger partial charge on any atom is 0.339 e. The summed E-state index contributed by atoms with van der Waals surface area (Å²) >= 11 is 0. The lowest BCUT2D eigenvalue weighted by atomic mass is 10.0. The number of carbonyl (C=O) groups is 2. The number of hydrogen-bond acceptors (Lipinski definition) is 7. The molecule has 1 aromatic heterocycles. The van der Waals surface area contributed by atoms with Crippen LogP contribution in [0.15, 0.2) is 22.5 Å². The van der Waals surface area contributed by atoms with E-state index < -0.39 is 11.6 Å². The van der Waals surface area contributed by atoms with E-state index in [1.807, 2.05) is 0 Å². The van der Waals surface area contributed by atoms with Gasteiger partial charge < -0.3 is 15.2 Å². The Morgan fingerprint density at radius 2 is 2.17 bits per heavy atom. The van der Waals surface area contributed by atoms with Crippen molar-refractivity contribution in [1.29, 1.82) is 0 Å². The van der Waals surface area contributed by atoms with Crippen LogP contribution in [0.4, 0.5) is 5.82 Å². The van der Waals surface area contributed by atoms with E-state index in [9.17, 15) is 14.7 Å². The number of nitrogens with zero attached hydrogens (tertiary/aromatic N) is 3. The Kier molecular flexibility index (Phi) is 4.91. The molecule has 1 aliphatic rings. The summed E-state index contributed by atoms with van der Waals surface area (Å²) in [7, 11) is 1.22. The molecule has 0 unspecified atom stereocenters. The van der Waals surface area contributed by atoms with E-state index in [0.717, 1.165) is 0 Å². The molecule has 0 atom stereocenters. The van der Waals surface area contributed by atoms with E-state index >= 15 is 0 Å². The van der Waals surface area contributed by atoms with Crippen LogP contribution >= 0.6 is 0 Å². The molecule has 2 N–H and O–H groups in total. The number of ether oxygens (including phenoxy) is 1. The summed E-state index contributed by atoms with van der Waals surface area (Å²) in [5.74, 6) is 1.21. The van der Waals surface area contributed by atoms with Gasteiger partial charge in [-0.15, -0.1) is 12.3 Å². The van der Waals surface area contributed by atoms with Crippen LogP contribution in [0.5, 0.6) is 5.75 Å². The van der Waals surface area contributed by atoms with Gasteiger partial charge in [-0.3, -0.25) is 4.79 Å². The summed E-state index contributed by atoms with van der Waals surface area (Å²) < 4.78 is 4.52. The number of nitrogens with one attached hydrogen (secondary N) is 1. The number of aromatic nitrogens is 1. The standard InChI is InChI=1S/C15H16N4O4/c1-3-4-6-15(18-19-15)7-5-12(21)17-13-11(20)8-10(9-16-13)14(22)23-2/h1,8-9,20H,4-7H2,2H3,(H,16,17,21). The van der Waals surface area contributed by atoms with Crippen LogP contribution in [0.2, 0.25) is 0 Å². The zero-order chi connectivity index (χ0) is 16.9. The molecular weight excluding hydrogens is 300 g/mol. The van der Waals surface area contributed by atoms with Gasteiger partial charge in [-0.05, 0) is 6.07 Å². The van der Waals surface area contributed by atoms with Crippen LogP contribution in [0, 0.1) is 12.3 Å². The summed E-state index contributed by atoms with van der Waals surface area (Å²) in [6, 6.07) is 1.18. The number of amides is 1. The Morgan fingerprint density at radius 1 is 1.43 bits per heavy atom. The normalized spacial score (nSPS) is 13.9. The van der Waals surface area contributed by atoms with Crippen molar-refractivity contribution in [2.75, 3.05) is 12.4 Å². The number of anilines is 1. The van der Waals surface area contributed by atoms with E-state index in [4.69, 9.17) is 6.42 Å². The highest BCUT2D eigenvalue weighted by Crippen LogP contribution is 2.37. The molecule has 0 radical (unpaired) electrons. The van der Waals surface area contributed by atoms with Gasteiger partial charge in [-0.2, -0.15) is 10.2 Å². The number of rotatable bonds is 7. The summed E-state index contributed by atoms with van der Waals surface area (Å²) in [6.07, 6.45) is 8.19. The second-order valence-electron chi connectivity index (χ2n) is 5.02. The largest absolute Gasteiger partial charge is 0.504 e. The highest BCUT2D eigenvalue weighted by molar-refractivity contribution is 5.93. The summed E-state index contributed by atoms with van der Waals surface area (Å²) in [4.78, 5) is 27.1. The molecule has 8 heteroatoms. The van der Waals surface area contributed by atoms with Crippen molar-refractivity contribution in [3.8, 4) is 18.1 Å². The van der Waals surface area contributed by atoms with Crippen molar-refractivity contribution < 1.29 is 19.4 Å². The fourth-order valence-electron chi connectivity index (χ4n) is 1.96. The SMILES string of the molecule is C#CCCC1(CCC(=O)Nc2ncc(C(=O)OC)cc2O)N=N1. The maximum absolute atomic E-state index is 11.9. The van der Waals surface area contributed by atoms with Gasteiger partial charge in [0.25, 0.3) is 0 Å². The molecule has 120 valence electrons. The van der Waals surface area contributed by atoms with Crippen LogP contribution in [0.1, 0.15) is 36.0 Å². The number of pyridine rings is 1. The first-order chi connectivity index (χ1) is 11.0. The molecule has 23 heavy (non-hydrogen) atoms. The van der Waals surface area contributed by atoms with Crippen molar-refractivity contribution in [3.63, 3.8) is 0 Å². The van der Waals surface area contributed by atoms with Crippen molar-refractivity contribution in [1.82, 2.24) is 4.98 Å². The zero-order valence-electron chi connectivity index (χ0n) is 12.6. The van der Waals surface area contributed by atoms with E-state index in [0.29, 0.717) is 19.3 Å². The summed E-state index contributed by atoms with van der Waals surface area (Å²) in [5.41, 5.74) is -0.444. The first kappa shape index (κ1) is 16.4. The lowest BCUT2D eigenvalue weighted by Gasteiger charge is -2.10. The summed E-state index contributed by atoms with van der Waals surface area (Å²) in [6.45, 7) is 0. The zero-order valence-corrected chi connectivity index (χ0v) is 12.6. The third kappa shape index (κ3) is 4.26. The molecular formula is C15H16N4O4. The molecule has 0 bridgehead atoms. The Bertz CT molecular complexity index is 687. The monoisotopic (exact) mass is 316 g/mol. The van der Waals surface area contributed by atoms with Crippen LogP contribution in [0.3, 0.4) is 0 Å². The van der Waals surface area contributed by atoms with Gasteiger partial charge >= 0.3 is 5.97 Å². The molecule has 1 aliphatic heterocycles. The average molecular weight is 316 g/mol. The highest BCUT2D eigenvalue weighted by Gasteiger charge is 2.39. The number of terminal acetylenes is 1. The third-order valence-corrected chi connectivity index (χ3v) is 3.35. The smallest absolute Gasteiger partial charge is 0.339 e. The average Bonchev–Trinajstić information content (AvgIpc) is 3.32. The van der Waals surface area contributed by atoms with Gasteiger partial charge in [-0.25, -0.2) is 9.78 Å². The molecule has 2 rings (SSSR count). The molecule has 0 aliphatic carbocycles. The molecule has 0 saturated carbocycles. The second-order valence-corrected chi connectivity index (χ2v) is 5.02. The Morgan fingerprint density at radius 3 is 2.74 bits per heavy atom. The van der Waals surface area contributed by atoms with Crippen LogP contribution in [-0.4, -0.2) is 34.7 Å². The van der Waals surface area contributed by atoms with Gasteiger partial charge in [0.2, 0.25) is 5.91 Å². The number of hydrogen-bond donors (Lipinski definition) is 2. The van der Waals surface area contributed by atoms with Crippen molar-refractivity contribution >= 4 is 17.7 Å². The predicted molar refractivity (Wildman–Crippen MR) is 80.8 cm³/mol. The Labute approximate surface area is 133 Å². The fraction of sp³-hybridized carbons (Fsp3) is 0.400. The van der Waals surface area contributed by atoms with Crippen LogP contribution < -0.4 is 5.32 Å². The quantitative estimate of drug-likeness (QED) is 0.589. The fourth-order valence-corrected chi connectivity index (χ4v) is 1.96. The number of esters is 1. The first-order valence-corrected chi connectivity index (χ1v) is 6.94. The van der Waals surface area contributed by atoms with E-state index in [1.54, 1.807) is 0 Å². The van der Waals surface area contributed by atoms with Gasteiger partial charge in [0.05, 0.1) is 12.7 Å². The number of aromatic hydroxyl groups is 1. The van der Waals surface area contributed by atoms with E-state index in [2.05, 4.69) is 31.2 Å². The molecule has 0 fully saturated rings. The molecule has 1 amide bonds. The van der Waals surface area contributed by atoms with E-state index in [-0.39, 0.29) is 29.5 Å². The molecule has 8 nitrogen and oxygen atoms in total. The maximum atomic E-state index is 11.9. The Balaban J connectivity index is 1.88. The molecule has 1 aromatic rings. The van der Waals surface area contributed by atoms with Crippen LogP contribution in [-0.2, 0) is 9.53 Å². The second kappa shape index (κ2) is 6.87. The topological polar surface area (TPSA) is 113 Å². The highest BCUT2D eigenvalue weighted by atomic mass is 16.5. The lowest BCUT2D eigenvalue weighted by Crippen LogP contribution is -2.18. The Hall–Kier alpha value is -2.95. The van der Waals surface area contributed by atoms with Crippen molar-refractivity contribution in [3.05, 3.63) is 17.8 Å². The number of carbonyl (C=O) groups excluding carboxylic acids is 2. The van der Waals surface area contributed by atoms with Crippen molar-refractivity contribution in [2.45, 2.75) is 31.3 Å². The first-order valence-electron chi connectivity index (χ1n) is 6.94. The minimum absolute atomic E-state index is 0.0231. The molecule has 0 aromatic carbocycles. The lowest BCUT2D eigenvalue weighted by molar-refractivity contribution is -0.116. The minimum atomic E-state index is -0.627. The van der Waals surface area contributed by atoms with Crippen LogP contribution in [0.25, 0.3) is 0 Å². The molecule has 2 heterocycles.